The third kappa shape index (κ3) is 134. The van der Waals surface area contributed by atoms with Gasteiger partial charge in [-0.15, -0.1) is 0 Å². The van der Waals surface area contributed by atoms with Gasteiger partial charge in [-0.1, -0.05) is 0 Å². The van der Waals surface area contributed by atoms with Gasteiger partial charge in [0.25, 0.3) is 0 Å². The molecule has 0 bridgehead atoms. The van der Waals surface area contributed by atoms with Gasteiger partial charge in [0.1, 0.15) is 0 Å². The van der Waals surface area contributed by atoms with Gasteiger partial charge >= 0.3 is 260 Å². The van der Waals surface area contributed by atoms with Gasteiger partial charge in [-0.25, -0.2) is 0 Å². The Morgan fingerprint density at radius 3 is 0.571 bits per heavy atom. The Morgan fingerprint density at radius 1 is 0.571 bits per heavy atom. The molecule has 0 aliphatic heterocycles. The molecule has 0 fully saturated rings. The minimum atomic E-state index is -5.75. The van der Waals surface area contributed by atoms with E-state index in [1.54, 1.807) is 0 Å². The summed E-state index contributed by atoms with van der Waals surface area (Å²) in [6, 6.07) is 0. The zero-order valence-corrected chi connectivity index (χ0v) is 25.2. The van der Waals surface area contributed by atoms with E-state index in [9.17, 15) is 0 Å². The van der Waals surface area contributed by atoms with E-state index in [4.69, 9.17) is 31.8 Å². The first-order valence-corrected chi connectivity index (χ1v) is 5.50. The normalized spacial score (nSPS) is 8.29. The first-order chi connectivity index (χ1) is 4.00. The Bertz CT molecular complexity index is 220. The molecule has 0 radical (unpaired) electrons. The van der Waals surface area contributed by atoms with Crippen molar-refractivity contribution in [2.24, 2.45) is 0 Å². The van der Waals surface area contributed by atoms with E-state index in [0.29, 0.717) is 0 Å². The fraction of sp³-hybridized carbons (Fsp3) is 0. The molecule has 0 aliphatic rings. The summed E-state index contributed by atoms with van der Waals surface area (Å²) >= 11 is -11.5. The van der Waals surface area contributed by atoms with Crippen LogP contribution in [0.2, 0.25) is 0 Å². The topological polar surface area (TPSA) is 161 Å². The Labute approximate surface area is 251 Å². The quantitative estimate of drug-likeness (QED) is 0.254. The molecule has 0 aromatic carbocycles. The van der Waals surface area contributed by atoms with Crippen molar-refractivity contribution in [2.75, 3.05) is 0 Å². The van der Waals surface area contributed by atoms with Crippen molar-refractivity contribution in [1.82, 2.24) is 0 Å². The van der Waals surface area contributed by atoms with Gasteiger partial charge in [0.15, 0.2) is 0 Å². The molecule has 0 unspecified atom stereocenters. The molecule has 64 valence electrons. The number of rotatable bonds is 0. The van der Waals surface area contributed by atoms with E-state index < -0.39 is 27.2 Å². The van der Waals surface area contributed by atoms with Crippen molar-refractivity contribution >= 4 is 97.8 Å². The van der Waals surface area contributed by atoms with Gasteiger partial charge in [0, 0.05) is 0 Å². The molecule has 0 spiro atoms. The van der Waals surface area contributed by atoms with Crippen LogP contribution in [0.25, 0.3) is 0 Å². The third-order valence-electron chi connectivity index (χ3n) is 0. The van der Waals surface area contributed by atoms with Gasteiger partial charge < -0.3 is 0 Å². The summed E-state index contributed by atoms with van der Waals surface area (Å²) in [6.45, 7) is 0. The van der Waals surface area contributed by atoms with E-state index in [1.807, 2.05) is 0 Å². The molecule has 14 heavy (non-hydrogen) atoms. The molecule has 14 heteroatoms. The predicted octanol–water partition coefficient (Wildman–Crippen LogP) is -12.0. The van der Waals surface area contributed by atoms with Crippen LogP contribution >= 0.6 is 0 Å². The van der Waals surface area contributed by atoms with Crippen LogP contribution in [0.3, 0.4) is 0 Å². The molecule has 0 rings (SSSR count). The van der Waals surface area contributed by atoms with Crippen LogP contribution in [0.15, 0.2) is 0 Å². The molecule has 0 aliphatic carbocycles. The van der Waals surface area contributed by atoms with Gasteiger partial charge in [-0.2, -0.15) is 0 Å². The fourth-order valence-electron chi connectivity index (χ4n) is 0. The second-order valence-electron chi connectivity index (χ2n) is 0.816. The van der Waals surface area contributed by atoms with Gasteiger partial charge in [0.2, 0.25) is 0 Å². The average molecular weight is 585 g/mol. The molecular formula is Ba2Cr2K2O8+2. The molecule has 0 aromatic heterocycles. The van der Waals surface area contributed by atoms with Gasteiger partial charge in [-0.3, -0.25) is 0 Å². The van der Waals surface area contributed by atoms with Crippen LogP contribution in [-0.4, -0.2) is 97.8 Å². The first kappa shape index (κ1) is 37.1. The molecule has 0 atom stereocenters. The maximum atomic E-state index is 8.59. The summed E-state index contributed by atoms with van der Waals surface area (Å²) in [4.78, 5) is 0. The first-order valence-electron chi connectivity index (χ1n) is 1.33. The Hall–Kier alpha value is 6.52. The SMILES string of the molecule is [Ba+2].[Ba+2].[K+].[K+].[O]=[Cr](=[O])([O-])[O-].[O]=[Cr](=[O])([O-])[O-]. The van der Waals surface area contributed by atoms with E-state index in [0.717, 1.165) is 0 Å². The maximum absolute atomic E-state index is 8.59. The summed E-state index contributed by atoms with van der Waals surface area (Å²) in [7, 11) is 0. The molecule has 0 N–H and O–H groups in total. The van der Waals surface area contributed by atoms with Crippen molar-refractivity contribution in [2.45, 2.75) is 0 Å². The van der Waals surface area contributed by atoms with Crippen molar-refractivity contribution < 1.29 is 162 Å². The van der Waals surface area contributed by atoms with E-state index >= 15 is 0 Å². The van der Waals surface area contributed by atoms with Crippen LogP contribution < -0.4 is 119 Å². The molecule has 0 aromatic rings. The summed E-state index contributed by atoms with van der Waals surface area (Å²) in [5.41, 5.74) is 0. The predicted molar refractivity (Wildman–Crippen MR) is 14.3 cm³/mol. The summed E-state index contributed by atoms with van der Waals surface area (Å²) in [5.74, 6) is 0. The van der Waals surface area contributed by atoms with E-state index in [1.165, 1.54) is 0 Å². The third-order valence-corrected chi connectivity index (χ3v) is 0. The van der Waals surface area contributed by atoms with Crippen LogP contribution in [0.5, 0.6) is 0 Å². The second kappa shape index (κ2) is 19.5. The standard InChI is InChI=1S/2Ba.2Cr.2K.8O/q2*+2;;;2*+1;;;;;4*-1. The monoisotopic (exact) mass is 586 g/mol. The molecule has 8 nitrogen and oxygen atoms in total. The minimum absolute atomic E-state index is 0. The summed E-state index contributed by atoms with van der Waals surface area (Å²) in [5, 5.41) is 0. The Morgan fingerprint density at radius 2 is 0.571 bits per heavy atom. The van der Waals surface area contributed by atoms with Crippen molar-refractivity contribution in [3.8, 4) is 0 Å². The van der Waals surface area contributed by atoms with Crippen LogP contribution in [0, 0.1) is 0 Å². The van der Waals surface area contributed by atoms with Crippen molar-refractivity contribution in [1.29, 1.82) is 0 Å². The van der Waals surface area contributed by atoms with E-state index in [2.05, 4.69) is 0 Å². The van der Waals surface area contributed by atoms with Crippen LogP contribution in [0.4, 0.5) is 0 Å². The number of hydrogen-bond acceptors (Lipinski definition) is 8. The zero-order chi connectivity index (χ0) is 9.00. The summed E-state index contributed by atoms with van der Waals surface area (Å²) < 4.78 is 68.8. The fourth-order valence-corrected chi connectivity index (χ4v) is 0. The second-order valence-corrected chi connectivity index (χ2v) is 3.37. The molecule has 0 amide bonds. The Balaban J connectivity index is -0.0000000178. The molecule has 0 saturated carbocycles. The average Bonchev–Trinajstić information content (AvgIpc) is 1.12. The molecule has 0 saturated heterocycles. The van der Waals surface area contributed by atoms with Crippen LogP contribution in [-0.2, 0) is 42.4 Å². The number of hydrogen-bond donors (Lipinski definition) is 0. The Kier molecular flexibility index (Phi) is 51.7. The van der Waals surface area contributed by atoms with Crippen molar-refractivity contribution in [3.63, 3.8) is 0 Å². The molecular weight excluding hydrogens is 585 g/mol. The zero-order valence-electron chi connectivity index (χ0n) is 7.50. The summed E-state index contributed by atoms with van der Waals surface area (Å²) in [6.07, 6.45) is 0. The van der Waals surface area contributed by atoms with Gasteiger partial charge in [-0.05, 0) is 0 Å². The van der Waals surface area contributed by atoms with Crippen molar-refractivity contribution in [3.05, 3.63) is 0 Å². The van der Waals surface area contributed by atoms with Gasteiger partial charge in [0.05, 0.1) is 0 Å². The molecule has 0 heterocycles. The van der Waals surface area contributed by atoms with Crippen LogP contribution in [0.1, 0.15) is 0 Å². The van der Waals surface area contributed by atoms with E-state index in [-0.39, 0.29) is 201 Å².